The van der Waals surface area contributed by atoms with Gasteiger partial charge in [-0.15, -0.1) is 0 Å². The summed E-state index contributed by atoms with van der Waals surface area (Å²) in [6, 6.07) is 11.7. The first-order valence-electron chi connectivity index (χ1n) is 10.6. The standard InChI is InChI=1S/C25H26N6O/c1-15-10-18(13-28-17(15)3)22-11-23(31-14-30-22)29-12-16(2)19-6-5-7-20-21(25(32)26-4)8-9-27-24(19)20/h5-11,13-14,16H,12H2,1-4H3,(H,26,32)(H,29,30,31)/t16-/m1/s1. The summed E-state index contributed by atoms with van der Waals surface area (Å²) in [6.07, 6.45) is 5.08. The molecule has 0 bridgehead atoms. The Morgan fingerprint density at radius 3 is 2.69 bits per heavy atom. The maximum Gasteiger partial charge on any atom is 0.251 e. The van der Waals surface area contributed by atoms with Crippen molar-refractivity contribution in [2.24, 2.45) is 0 Å². The molecule has 0 aliphatic heterocycles. The molecular weight excluding hydrogens is 400 g/mol. The molecule has 3 heterocycles. The molecule has 4 aromatic rings. The summed E-state index contributed by atoms with van der Waals surface area (Å²) in [4.78, 5) is 30.0. The van der Waals surface area contributed by atoms with Crippen molar-refractivity contribution in [1.29, 1.82) is 0 Å². The van der Waals surface area contributed by atoms with Crippen LogP contribution in [0, 0.1) is 13.8 Å². The summed E-state index contributed by atoms with van der Waals surface area (Å²) < 4.78 is 0. The maximum absolute atomic E-state index is 12.2. The first-order valence-corrected chi connectivity index (χ1v) is 10.6. The molecule has 32 heavy (non-hydrogen) atoms. The number of benzene rings is 1. The number of aryl methyl sites for hydroxylation is 2. The second-order valence-electron chi connectivity index (χ2n) is 7.88. The van der Waals surface area contributed by atoms with Gasteiger partial charge in [0.1, 0.15) is 12.1 Å². The van der Waals surface area contributed by atoms with Crippen molar-refractivity contribution in [2.45, 2.75) is 26.7 Å². The Morgan fingerprint density at radius 1 is 1.06 bits per heavy atom. The molecule has 0 saturated heterocycles. The summed E-state index contributed by atoms with van der Waals surface area (Å²) in [6.45, 7) is 6.83. The van der Waals surface area contributed by atoms with Gasteiger partial charge >= 0.3 is 0 Å². The highest BCUT2D eigenvalue weighted by Crippen LogP contribution is 2.27. The second kappa shape index (κ2) is 9.09. The number of amides is 1. The minimum Gasteiger partial charge on any atom is -0.369 e. The Labute approximate surface area is 187 Å². The van der Waals surface area contributed by atoms with Crippen molar-refractivity contribution in [3.63, 3.8) is 0 Å². The zero-order valence-corrected chi connectivity index (χ0v) is 18.7. The zero-order valence-electron chi connectivity index (χ0n) is 18.7. The van der Waals surface area contributed by atoms with Gasteiger partial charge in [0.25, 0.3) is 5.91 Å². The van der Waals surface area contributed by atoms with Gasteiger partial charge in [0.05, 0.1) is 16.8 Å². The number of nitrogens with one attached hydrogen (secondary N) is 2. The number of rotatable bonds is 6. The second-order valence-corrected chi connectivity index (χ2v) is 7.88. The quantitative estimate of drug-likeness (QED) is 0.478. The SMILES string of the molecule is CNC(=O)c1ccnc2c([C@H](C)CNc3cc(-c4cnc(C)c(C)c4)ncn3)cccc12. The molecule has 1 atom stereocenters. The molecule has 2 N–H and O–H groups in total. The predicted molar refractivity (Wildman–Crippen MR) is 127 cm³/mol. The van der Waals surface area contributed by atoms with Gasteiger partial charge in [-0.05, 0) is 37.1 Å². The highest BCUT2D eigenvalue weighted by molar-refractivity contribution is 6.06. The molecule has 3 aromatic heterocycles. The predicted octanol–water partition coefficient (Wildman–Crippen LogP) is 4.28. The highest BCUT2D eigenvalue weighted by Gasteiger charge is 2.15. The van der Waals surface area contributed by atoms with E-state index in [2.05, 4.69) is 49.6 Å². The van der Waals surface area contributed by atoms with Crippen molar-refractivity contribution < 1.29 is 4.79 Å². The van der Waals surface area contributed by atoms with E-state index in [9.17, 15) is 4.79 Å². The average Bonchev–Trinajstić information content (AvgIpc) is 2.83. The van der Waals surface area contributed by atoms with Crippen LogP contribution >= 0.6 is 0 Å². The van der Waals surface area contributed by atoms with E-state index in [4.69, 9.17) is 0 Å². The summed E-state index contributed by atoms with van der Waals surface area (Å²) >= 11 is 0. The van der Waals surface area contributed by atoms with Crippen LogP contribution in [0.3, 0.4) is 0 Å². The lowest BCUT2D eigenvalue weighted by Crippen LogP contribution is -2.18. The van der Waals surface area contributed by atoms with Gasteiger partial charge in [0, 0.05) is 54.6 Å². The molecule has 1 amide bonds. The van der Waals surface area contributed by atoms with E-state index >= 15 is 0 Å². The Kier molecular flexibility index (Phi) is 6.07. The molecule has 7 nitrogen and oxygen atoms in total. The Bertz CT molecular complexity index is 1290. The largest absolute Gasteiger partial charge is 0.369 e. The van der Waals surface area contributed by atoms with Gasteiger partial charge in [-0.1, -0.05) is 25.1 Å². The van der Waals surface area contributed by atoms with Crippen LogP contribution in [0.2, 0.25) is 0 Å². The average molecular weight is 427 g/mol. The molecule has 162 valence electrons. The molecule has 0 fully saturated rings. The van der Waals surface area contributed by atoms with E-state index in [1.165, 1.54) is 0 Å². The van der Waals surface area contributed by atoms with Gasteiger partial charge in [-0.25, -0.2) is 9.97 Å². The number of anilines is 1. The lowest BCUT2D eigenvalue weighted by atomic mass is 9.96. The van der Waals surface area contributed by atoms with Crippen LogP contribution in [0.4, 0.5) is 5.82 Å². The first-order chi connectivity index (χ1) is 15.5. The van der Waals surface area contributed by atoms with Gasteiger partial charge in [0.2, 0.25) is 0 Å². The van der Waals surface area contributed by atoms with Crippen LogP contribution in [0.1, 0.15) is 40.0 Å². The molecule has 0 radical (unpaired) electrons. The van der Waals surface area contributed by atoms with Gasteiger partial charge in [-0.2, -0.15) is 0 Å². The number of hydrogen-bond acceptors (Lipinski definition) is 6. The maximum atomic E-state index is 12.2. The van der Waals surface area contributed by atoms with Crippen molar-refractivity contribution in [2.75, 3.05) is 18.9 Å². The number of para-hydroxylation sites is 1. The molecular formula is C25H26N6O. The van der Waals surface area contributed by atoms with Gasteiger partial charge < -0.3 is 10.6 Å². The number of aromatic nitrogens is 4. The van der Waals surface area contributed by atoms with Crippen LogP contribution in [0.15, 0.2) is 55.1 Å². The summed E-state index contributed by atoms with van der Waals surface area (Å²) in [5.41, 5.74) is 6.48. The monoisotopic (exact) mass is 426 g/mol. The zero-order chi connectivity index (χ0) is 22.7. The Morgan fingerprint density at radius 2 is 1.91 bits per heavy atom. The lowest BCUT2D eigenvalue weighted by Gasteiger charge is -2.16. The lowest BCUT2D eigenvalue weighted by molar-refractivity contribution is 0.0964. The summed E-state index contributed by atoms with van der Waals surface area (Å²) in [5, 5.41) is 6.96. The van der Waals surface area contributed by atoms with Crippen LogP contribution in [-0.2, 0) is 0 Å². The molecule has 0 aliphatic rings. The van der Waals surface area contributed by atoms with E-state index in [1.54, 1.807) is 25.6 Å². The summed E-state index contributed by atoms with van der Waals surface area (Å²) in [5.74, 6) is 0.779. The number of pyridine rings is 2. The third kappa shape index (κ3) is 4.27. The van der Waals surface area contributed by atoms with Crippen molar-refractivity contribution in [3.05, 3.63) is 77.5 Å². The fraction of sp³-hybridized carbons (Fsp3) is 0.240. The molecule has 7 heteroatoms. The normalized spacial score (nSPS) is 11.9. The molecule has 4 rings (SSSR count). The van der Waals surface area contributed by atoms with E-state index in [1.807, 2.05) is 38.2 Å². The van der Waals surface area contributed by atoms with Crippen LogP contribution < -0.4 is 10.6 Å². The fourth-order valence-electron chi connectivity index (χ4n) is 3.69. The van der Waals surface area contributed by atoms with Crippen LogP contribution in [0.25, 0.3) is 22.2 Å². The first kappa shape index (κ1) is 21.4. The number of carbonyl (C=O) groups excluding carboxylic acids is 1. The van der Waals surface area contributed by atoms with E-state index in [0.717, 1.165) is 44.8 Å². The minimum atomic E-state index is -0.116. The van der Waals surface area contributed by atoms with Crippen molar-refractivity contribution in [3.8, 4) is 11.3 Å². The molecule has 0 aliphatic carbocycles. The number of carbonyl (C=O) groups is 1. The van der Waals surface area contributed by atoms with Gasteiger partial charge in [-0.3, -0.25) is 14.8 Å². The highest BCUT2D eigenvalue weighted by atomic mass is 16.1. The van der Waals surface area contributed by atoms with Crippen molar-refractivity contribution >= 4 is 22.6 Å². The number of fused-ring (bicyclic) bond motifs is 1. The third-order valence-corrected chi connectivity index (χ3v) is 5.70. The molecule has 0 saturated carbocycles. The topological polar surface area (TPSA) is 92.7 Å². The van der Waals surface area contributed by atoms with E-state index in [-0.39, 0.29) is 11.8 Å². The van der Waals surface area contributed by atoms with E-state index < -0.39 is 0 Å². The Balaban J connectivity index is 1.56. The third-order valence-electron chi connectivity index (χ3n) is 5.70. The van der Waals surface area contributed by atoms with E-state index in [0.29, 0.717) is 12.1 Å². The number of hydrogen-bond donors (Lipinski definition) is 2. The van der Waals surface area contributed by atoms with Gasteiger partial charge in [0.15, 0.2) is 0 Å². The molecule has 0 spiro atoms. The molecule has 0 unspecified atom stereocenters. The number of nitrogens with zero attached hydrogens (tertiary/aromatic N) is 4. The molecule has 1 aromatic carbocycles. The van der Waals surface area contributed by atoms with Crippen LogP contribution in [-0.4, -0.2) is 39.4 Å². The summed E-state index contributed by atoms with van der Waals surface area (Å²) in [7, 11) is 1.63. The fourth-order valence-corrected chi connectivity index (χ4v) is 3.69. The smallest absolute Gasteiger partial charge is 0.251 e. The Hall–Kier alpha value is -3.87. The minimum absolute atomic E-state index is 0.116. The van der Waals surface area contributed by atoms with Crippen LogP contribution in [0.5, 0.6) is 0 Å². The van der Waals surface area contributed by atoms with Crippen molar-refractivity contribution in [1.82, 2.24) is 25.3 Å².